The summed E-state index contributed by atoms with van der Waals surface area (Å²) in [5, 5.41) is 10.4. The summed E-state index contributed by atoms with van der Waals surface area (Å²) >= 11 is 0. The Bertz CT molecular complexity index is 410. The summed E-state index contributed by atoms with van der Waals surface area (Å²) in [5.41, 5.74) is 0.331. The van der Waals surface area contributed by atoms with Crippen molar-refractivity contribution in [2.45, 2.75) is 39.2 Å². The van der Waals surface area contributed by atoms with Crippen molar-refractivity contribution >= 4 is 11.7 Å². The predicted molar refractivity (Wildman–Crippen MR) is 67.5 cm³/mol. The van der Waals surface area contributed by atoms with E-state index in [1.807, 2.05) is 13.8 Å². The van der Waals surface area contributed by atoms with E-state index in [9.17, 15) is 14.9 Å². The highest BCUT2D eigenvalue weighted by Crippen LogP contribution is 2.23. The summed E-state index contributed by atoms with van der Waals surface area (Å²) in [5.74, 6) is -0.403. The Labute approximate surface area is 106 Å². The zero-order valence-corrected chi connectivity index (χ0v) is 10.6. The highest BCUT2D eigenvalue weighted by Gasteiger charge is 2.22. The molecule has 0 saturated heterocycles. The molecule has 18 heavy (non-hydrogen) atoms. The number of nitro groups is 1. The lowest BCUT2D eigenvalue weighted by Gasteiger charge is -2.25. The van der Waals surface area contributed by atoms with Gasteiger partial charge >= 0.3 is 5.97 Å². The number of benzene rings is 1. The molecule has 0 amide bonds. The normalized spacial score (nSPS) is 13.9. The van der Waals surface area contributed by atoms with Crippen LogP contribution in [0.25, 0.3) is 0 Å². The van der Waals surface area contributed by atoms with Gasteiger partial charge in [-0.05, 0) is 31.4 Å². The number of rotatable bonds is 3. The molecule has 1 aromatic carbocycles. The Morgan fingerprint density at radius 3 is 2.22 bits per heavy atom. The number of nitrogens with zero attached hydrogens (tertiary/aromatic N) is 1. The van der Waals surface area contributed by atoms with E-state index in [1.54, 1.807) is 0 Å². The van der Waals surface area contributed by atoms with Crippen molar-refractivity contribution in [3.63, 3.8) is 0 Å². The molecule has 0 bridgehead atoms. The van der Waals surface area contributed by atoms with Crippen LogP contribution in [0.1, 0.15) is 43.5 Å². The fourth-order valence-corrected chi connectivity index (χ4v) is 1.43. The Morgan fingerprint density at radius 1 is 1.28 bits per heavy atom. The standard InChI is InChI=1S/C11H11NO4.C2H6/c13-11(16-10-2-1-3-10)8-4-6-9(7-5-8)12(14)15;1-2/h4-7,10H,1-3H2;1-2H3. The zero-order chi connectivity index (χ0) is 13.5. The van der Waals surface area contributed by atoms with E-state index < -0.39 is 10.9 Å². The summed E-state index contributed by atoms with van der Waals surface area (Å²) in [6.45, 7) is 4.00. The van der Waals surface area contributed by atoms with Crippen LogP contribution in [0.5, 0.6) is 0 Å². The number of carbonyl (C=O) groups is 1. The Balaban J connectivity index is 0.000000771. The number of esters is 1. The zero-order valence-electron chi connectivity index (χ0n) is 10.6. The van der Waals surface area contributed by atoms with Crippen molar-refractivity contribution in [1.29, 1.82) is 0 Å². The maximum Gasteiger partial charge on any atom is 0.338 e. The number of hydrogen-bond acceptors (Lipinski definition) is 4. The summed E-state index contributed by atoms with van der Waals surface area (Å²) < 4.78 is 5.16. The van der Waals surface area contributed by atoms with Gasteiger partial charge in [0.05, 0.1) is 10.5 Å². The van der Waals surface area contributed by atoms with Crippen LogP contribution < -0.4 is 0 Å². The minimum atomic E-state index is -0.499. The lowest BCUT2D eigenvalue weighted by atomic mass is 9.96. The summed E-state index contributed by atoms with van der Waals surface area (Å²) in [7, 11) is 0. The minimum Gasteiger partial charge on any atom is -0.459 e. The van der Waals surface area contributed by atoms with Crippen molar-refractivity contribution in [3.8, 4) is 0 Å². The maximum absolute atomic E-state index is 11.5. The lowest BCUT2D eigenvalue weighted by Crippen LogP contribution is -2.24. The number of non-ortho nitro benzene ring substituents is 1. The van der Waals surface area contributed by atoms with Gasteiger partial charge in [0, 0.05) is 12.1 Å². The number of nitro benzene ring substituents is 1. The van der Waals surface area contributed by atoms with E-state index in [1.165, 1.54) is 24.3 Å². The first-order chi connectivity index (χ1) is 8.66. The van der Waals surface area contributed by atoms with Gasteiger partial charge < -0.3 is 4.74 Å². The van der Waals surface area contributed by atoms with Gasteiger partial charge in [-0.15, -0.1) is 0 Å². The second-order valence-electron chi connectivity index (χ2n) is 3.76. The molecule has 1 aliphatic rings. The molecule has 0 spiro atoms. The second kappa shape index (κ2) is 6.74. The Morgan fingerprint density at radius 2 is 1.83 bits per heavy atom. The number of carbonyl (C=O) groups excluding carboxylic acids is 1. The highest BCUT2D eigenvalue weighted by molar-refractivity contribution is 5.89. The maximum atomic E-state index is 11.5. The predicted octanol–water partition coefficient (Wildman–Crippen LogP) is 3.33. The monoisotopic (exact) mass is 251 g/mol. The second-order valence-corrected chi connectivity index (χ2v) is 3.76. The van der Waals surface area contributed by atoms with Crippen LogP contribution in [0.4, 0.5) is 5.69 Å². The summed E-state index contributed by atoms with van der Waals surface area (Å²) in [6, 6.07) is 5.44. The third-order valence-corrected chi connectivity index (χ3v) is 2.64. The molecular formula is C13H17NO4. The first-order valence-corrected chi connectivity index (χ1v) is 6.12. The molecule has 5 nitrogen and oxygen atoms in total. The van der Waals surface area contributed by atoms with Gasteiger partial charge in [-0.2, -0.15) is 0 Å². The van der Waals surface area contributed by atoms with Crippen molar-refractivity contribution in [1.82, 2.24) is 0 Å². The Hall–Kier alpha value is -1.91. The molecule has 0 aromatic heterocycles. The lowest BCUT2D eigenvalue weighted by molar-refractivity contribution is -0.384. The van der Waals surface area contributed by atoms with Gasteiger partial charge in [-0.3, -0.25) is 10.1 Å². The summed E-state index contributed by atoms with van der Waals surface area (Å²) in [4.78, 5) is 21.4. The fourth-order valence-electron chi connectivity index (χ4n) is 1.43. The van der Waals surface area contributed by atoms with Crippen LogP contribution in [0.2, 0.25) is 0 Å². The van der Waals surface area contributed by atoms with Gasteiger partial charge in [0.1, 0.15) is 6.10 Å². The van der Waals surface area contributed by atoms with Crippen LogP contribution in [0.3, 0.4) is 0 Å². The quantitative estimate of drug-likeness (QED) is 0.469. The SMILES string of the molecule is CC.O=C(OC1CCC1)c1ccc([N+](=O)[O-])cc1. The van der Waals surface area contributed by atoms with Gasteiger partial charge in [0.2, 0.25) is 0 Å². The molecule has 0 atom stereocenters. The molecule has 0 heterocycles. The molecule has 1 aliphatic carbocycles. The van der Waals surface area contributed by atoms with E-state index in [4.69, 9.17) is 4.74 Å². The van der Waals surface area contributed by atoms with E-state index in [0.717, 1.165) is 19.3 Å². The topological polar surface area (TPSA) is 69.4 Å². The third-order valence-electron chi connectivity index (χ3n) is 2.64. The molecule has 1 saturated carbocycles. The fraction of sp³-hybridized carbons (Fsp3) is 0.462. The van der Waals surface area contributed by atoms with Crippen molar-refractivity contribution in [2.75, 3.05) is 0 Å². The first-order valence-electron chi connectivity index (χ1n) is 6.12. The average Bonchev–Trinajstić information content (AvgIpc) is 2.36. The van der Waals surface area contributed by atoms with Gasteiger partial charge in [-0.1, -0.05) is 13.8 Å². The molecule has 5 heteroatoms. The molecular weight excluding hydrogens is 234 g/mol. The molecule has 98 valence electrons. The van der Waals surface area contributed by atoms with Crippen LogP contribution in [-0.2, 0) is 4.74 Å². The van der Waals surface area contributed by atoms with Crippen LogP contribution in [0.15, 0.2) is 24.3 Å². The molecule has 1 aromatic rings. The number of ether oxygens (including phenoxy) is 1. The summed E-state index contributed by atoms with van der Waals surface area (Å²) in [6.07, 6.45) is 2.96. The molecule has 0 radical (unpaired) electrons. The molecule has 2 rings (SSSR count). The van der Waals surface area contributed by atoms with Gasteiger partial charge in [-0.25, -0.2) is 4.79 Å². The van der Waals surface area contributed by atoms with Gasteiger partial charge in [0.15, 0.2) is 0 Å². The molecule has 0 unspecified atom stereocenters. The van der Waals surface area contributed by atoms with E-state index in [2.05, 4.69) is 0 Å². The largest absolute Gasteiger partial charge is 0.459 e. The van der Waals surface area contributed by atoms with Crippen molar-refractivity contribution in [2.24, 2.45) is 0 Å². The van der Waals surface area contributed by atoms with Crippen LogP contribution in [0, 0.1) is 10.1 Å². The minimum absolute atomic E-state index is 0.0276. The molecule has 0 N–H and O–H groups in total. The van der Waals surface area contributed by atoms with Crippen molar-refractivity contribution < 1.29 is 14.5 Å². The van der Waals surface area contributed by atoms with Crippen LogP contribution >= 0.6 is 0 Å². The van der Waals surface area contributed by atoms with E-state index >= 15 is 0 Å². The molecule has 0 aliphatic heterocycles. The highest BCUT2D eigenvalue weighted by atomic mass is 16.6. The van der Waals surface area contributed by atoms with Gasteiger partial charge in [0.25, 0.3) is 5.69 Å². The van der Waals surface area contributed by atoms with E-state index in [-0.39, 0.29) is 11.8 Å². The number of hydrogen-bond donors (Lipinski definition) is 0. The van der Waals surface area contributed by atoms with E-state index in [0.29, 0.717) is 5.56 Å². The molecule has 1 fully saturated rings. The average molecular weight is 251 g/mol. The first kappa shape index (κ1) is 14.2. The van der Waals surface area contributed by atoms with Crippen LogP contribution in [-0.4, -0.2) is 17.0 Å². The smallest absolute Gasteiger partial charge is 0.338 e. The Kier molecular flexibility index (Phi) is 5.30. The third kappa shape index (κ3) is 3.55. The van der Waals surface area contributed by atoms with Crippen molar-refractivity contribution in [3.05, 3.63) is 39.9 Å².